The minimum absolute atomic E-state index is 0.191. The highest BCUT2D eigenvalue weighted by atomic mass is 19.1. The third-order valence-electron chi connectivity index (χ3n) is 4.97. The summed E-state index contributed by atoms with van der Waals surface area (Å²) in [5.74, 6) is -0.901. The Bertz CT molecular complexity index is 1250. The number of nitrogens with one attached hydrogen (secondary N) is 1. The lowest BCUT2D eigenvalue weighted by atomic mass is 10.1. The van der Waals surface area contributed by atoms with Crippen LogP contribution >= 0.6 is 0 Å². The summed E-state index contributed by atoms with van der Waals surface area (Å²) in [6.45, 7) is 1.45. The van der Waals surface area contributed by atoms with Gasteiger partial charge in [-0.1, -0.05) is 0 Å². The number of aromatic nitrogens is 4. The largest absolute Gasteiger partial charge is 0.324 e. The molecule has 1 aliphatic rings. The summed E-state index contributed by atoms with van der Waals surface area (Å²) in [6, 6.07) is 8.81. The summed E-state index contributed by atoms with van der Waals surface area (Å²) in [6.07, 6.45) is 5.36. The van der Waals surface area contributed by atoms with Crippen LogP contribution in [0.4, 0.5) is 19.3 Å². The molecule has 7 nitrogen and oxygen atoms in total. The van der Waals surface area contributed by atoms with E-state index in [0.29, 0.717) is 28.0 Å². The van der Waals surface area contributed by atoms with Gasteiger partial charge in [0.2, 0.25) is 0 Å². The molecule has 2 amide bonds. The predicted octanol–water partition coefficient (Wildman–Crippen LogP) is 4.00. The quantitative estimate of drug-likeness (QED) is 0.558. The number of nitrogens with zero attached hydrogens (tertiary/aromatic N) is 5. The van der Waals surface area contributed by atoms with E-state index in [4.69, 9.17) is 0 Å². The SMILES string of the molecule is O=C(Nc1ccc(F)c(-n2cc3cc(-c4ccc(F)cn4)cnc3n2)c1)N1CCC1. The molecule has 0 bridgehead atoms. The van der Waals surface area contributed by atoms with Crippen molar-refractivity contribution in [1.82, 2.24) is 24.6 Å². The molecular weight excluding hydrogens is 390 g/mol. The number of benzene rings is 1. The van der Waals surface area contributed by atoms with Crippen LogP contribution in [0.15, 0.2) is 55.0 Å². The number of hydrogen-bond donors (Lipinski definition) is 1. The molecule has 1 aromatic carbocycles. The maximum Gasteiger partial charge on any atom is 0.321 e. The lowest BCUT2D eigenvalue weighted by Gasteiger charge is -2.30. The smallest absolute Gasteiger partial charge is 0.321 e. The number of likely N-dealkylation sites (tertiary alicyclic amines) is 1. The van der Waals surface area contributed by atoms with Crippen LogP contribution in [0.3, 0.4) is 0 Å². The second-order valence-electron chi connectivity index (χ2n) is 7.01. The number of carbonyl (C=O) groups is 1. The van der Waals surface area contributed by atoms with E-state index in [-0.39, 0.29) is 11.7 Å². The Kier molecular flexibility index (Phi) is 4.35. The number of urea groups is 1. The zero-order chi connectivity index (χ0) is 20.7. The number of anilines is 1. The topological polar surface area (TPSA) is 75.9 Å². The van der Waals surface area contributed by atoms with Crippen molar-refractivity contribution in [1.29, 1.82) is 0 Å². The molecule has 0 aliphatic carbocycles. The van der Waals surface area contributed by atoms with Crippen molar-refractivity contribution in [2.75, 3.05) is 18.4 Å². The van der Waals surface area contributed by atoms with E-state index in [0.717, 1.165) is 25.7 Å². The number of hydrogen-bond acceptors (Lipinski definition) is 4. The molecule has 9 heteroatoms. The molecule has 0 radical (unpaired) electrons. The van der Waals surface area contributed by atoms with Gasteiger partial charge in [-0.25, -0.2) is 23.2 Å². The Balaban J connectivity index is 1.47. The predicted molar refractivity (Wildman–Crippen MR) is 107 cm³/mol. The van der Waals surface area contributed by atoms with Crippen molar-refractivity contribution >= 4 is 22.8 Å². The molecule has 1 aliphatic heterocycles. The summed E-state index contributed by atoms with van der Waals surface area (Å²) in [5.41, 5.74) is 2.36. The Morgan fingerprint density at radius 2 is 1.90 bits per heavy atom. The summed E-state index contributed by atoms with van der Waals surface area (Å²) in [4.78, 5) is 22.2. The van der Waals surface area contributed by atoms with Crippen molar-refractivity contribution in [2.24, 2.45) is 0 Å². The van der Waals surface area contributed by atoms with E-state index < -0.39 is 11.6 Å². The number of carbonyl (C=O) groups excluding carboxylic acids is 1. The first kappa shape index (κ1) is 18.2. The summed E-state index contributed by atoms with van der Waals surface area (Å²) >= 11 is 0. The number of pyridine rings is 2. The van der Waals surface area contributed by atoms with E-state index in [1.807, 2.05) is 0 Å². The first-order valence-corrected chi connectivity index (χ1v) is 9.40. The first-order valence-electron chi connectivity index (χ1n) is 9.40. The van der Waals surface area contributed by atoms with Crippen LogP contribution in [0.25, 0.3) is 28.0 Å². The second-order valence-corrected chi connectivity index (χ2v) is 7.01. The van der Waals surface area contributed by atoms with E-state index in [1.54, 1.807) is 29.4 Å². The van der Waals surface area contributed by atoms with Gasteiger partial charge in [0.25, 0.3) is 0 Å². The fraction of sp³-hybridized carbons (Fsp3) is 0.143. The average molecular weight is 406 g/mol. The lowest BCUT2D eigenvalue weighted by molar-refractivity contribution is 0.181. The van der Waals surface area contributed by atoms with Crippen molar-refractivity contribution in [2.45, 2.75) is 6.42 Å². The Morgan fingerprint density at radius 3 is 2.63 bits per heavy atom. The van der Waals surface area contributed by atoms with Crippen LogP contribution in [0.5, 0.6) is 0 Å². The van der Waals surface area contributed by atoms with Crippen LogP contribution < -0.4 is 5.32 Å². The molecule has 0 atom stereocenters. The zero-order valence-corrected chi connectivity index (χ0v) is 15.7. The fourth-order valence-corrected chi connectivity index (χ4v) is 3.21. The number of halogens is 2. The van der Waals surface area contributed by atoms with Crippen molar-refractivity contribution in [3.63, 3.8) is 0 Å². The van der Waals surface area contributed by atoms with Crippen LogP contribution in [-0.2, 0) is 0 Å². The standard InChI is InChI=1S/C21H16F2N6O/c22-15-2-5-18(24-11-15)13-8-14-12-29(27-20(14)25-10-13)19-9-16(3-4-17(19)23)26-21(30)28-6-1-7-28/h2-5,8-12H,1,6-7H2,(H,26,30). The van der Waals surface area contributed by atoms with E-state index >= 15 is 0 Å². The van der Waals surface area contributed by atoms with Gasteiger partial charge in [0.15, 0.2) is 5.65 Å². The van der Waals surface area contributed by atoms with Crippen LogP contribution in [0, 0.1) is 11.6 Å². The van der Waals surface area contributed by atoms with Gasteiger partial charge in [-0.3, -0.25) is 4.98 Å². The van der Waals surface area contributed by atoms with Crippen LogP contribution in [0.1, 0.15) is 6.42 Å². The molecule has 0 saturated carbocycles. The van der Waals surface area contributed by atoms with Gasteiger partial charge in [-0.05, 0) is 42.8 Å². The molecule has 1 fully saturated rings. The highest BCUT2D eigenvalue weighted by molar-refractivity contribution is 5.90. The number of amides is 2. The maximum atomic E-state index is 14.5. The van der Waals surface area contributed by atoms with Crippen LogP contribution in [0.2, 0.25) is 0 Å². The Labute approximate surface area is 170 Å². The summed E-state index contributed by atoms with van der Waals surface area (Å²) < 4.78 is 29.0. The molecule has 150 valence electrons. The molecule has 0 unspecified atom stereocenters. The van der Waals surface area contributed by atoms with E-state index in [2.05, 4.69) is 20.4 Å². The maximum absolute atomic E-state index is 14.5. The summed E-state index contributed by atoms with van der Waals surface area (Å²) in [5, 5.41) is 7.79. The first-order chi connectivity index (χ1) is 14.6. The lowest BCUT2D eigenvalue weighted by Crippen LogP contribution is -2.44. The van der Waals surface area contributed by atoms with Crippen LogP contribution in [-0.4, -0.2) is 43.8 Å². The van der Waals surface area contributed by atoms with Gasteiger partial charge in [-0.2, -0.15) is 0 Å². The third-order valence-corrected chi connectivity index (χ3v) is 4.97. The molecule has 5 rings (SSSR count). The third kappa shape index (κ3) is 3.34. The monoisotopic (exact) mass is 406 g/mol. The van der Waals surface area contributed by atoms with Crippen molar-refractivity contribution in [3.8, 4) is 16.9 Å². The second kappa shape index (κ2) is 7.18. The van der Waals surface area contributed by atoms with Gasteiger partial charge in [0.05, 0.1) is 11.9 Å². The minimum Gasteiger partial charge on any atom is -0.324 e. The zero-order valence-electron chi connectivity index (χ0n) is 15.7. The molecule has 3 aromatic heterocycles. The van der Waals surface area contributed by atoms with E-state index in [9.17, 15) is 13.6 Å². The van der Waals surface area contributed by atoms with Crippen molar-refractivity contribution in [3.05, 3.63) is 66.6 Å². The molecular formula is C21H16F2N6O. The summed E-state index contributed by atoms with van der Waals surface area (Å²) in [7, 11) is 0. The Hall–Kier alpha value is -3.88. The normalized spacial score (nSPS) is 13.3. The molecule has 1 saturated heterocycles. The molecule has 0 spiro atoms. The van der Waals surface area contributed by atoms with E-state index in [1.165, 1.54) is 28.9 Å². The fourth-order valence-electron chi connectivity index (χ4n) is 3.21. The average Bonchev–Trinajstić information content (AvgIpc) is 3.11. The molecule has 1 N–H and O–H groups in total. The van der Waals surface area contributed by atoms with Gasteiger partial charge in [-0.15, -0.1) is 5.10 Å². The van der Waals surface area contributed by atoms with Gasteiger partial charge in [0, 0.05) is 42.1 Å². The number of rotatable bonds is 3. The molecule has 4 aromatic rings. The van der Waals surface area contributed by atoms with Gasteiger partial charge < -0.3 is 10.2 Å². The Morgan fingerprint density at radius 1 is 1.03 bits per heavy atom. The highest BCUT2D eigenvalue weighted by Gasteiger charge is 2.20. The number of fused-ring (bicyclic) bond motifs is 1. The van der Waals surface area contributed by atoms with Gasteiger partial charge in [0.1, 0.15) is 17.3 Å². The van der Waals surface area contributed by atoms with Gasteiger partial charge >= 0.3 is 6.03 Å². The minimum atomic E-state index is -0.481. The van der Waals surface area contributed by atoms with Crippen molar-refractivity contribution < 1.29 is 13.6 Å². The molecule has 4 heterocycles. The highest BCUT2D eigenvalue weighted by Crippen LogP contribution is 2.24. The molecule has 30 heavy (non-hydrogen) atoms.